The second-order valence-corrected chi connectivity index (χ2v) is 6.89. The molecule has 1 N–H and O–H groups in total. The predicted octanol–water partition coefficient (Wildman–Crippen LogP) is 3.66. The Balaban J connectivity index is 1.95. The van der Waals surface area contributed by atoms with Crippen molar-refractivity contribution in [3.8, 4) is 11.5 Å². The zero-order valence-corrected chi connectivity index (χ0v) is 14.1. The molecule has 124 valence electrons. The topological polar surface area (TPSA) is 64.6 Å². The third-order valence-electron chi connectivity index (χ3n) is 3.65. The van der Waals surface area contributed by atoms with Gasteiger partial charge in [0.2, 0.25) is 0 Å². The largest absolute Gasteiger partial charge is 0.497 e. The van der Waals surface area contributed by atoms with E-state index in [4.69, 9.17) is 9.47 Å². The number of nitrogens with one attached hydrogen (secondary N) is 1. The average molecular weight is 343 g/mol. The van der Waals surface area contributed by atoms with Crippen LogP contribution in [0.4, 0.5) is 5.69 Å². The Hall–Kier alpha value is -2.73. The minimum atomic E-state index is -3.68. The van der Waals surface area contributed by atoms with Gasteiger partial charge in [-0.2, -0.15) is 0 Å². The molecule has 0 aliphatic rings. The molecule has 0 radical (unpaired) electrons. The number of benzene rings is 3. The number of hydrogen-bond donors (Lipinski definition) is 1. The van der Waals surface area contributed by atoms with E-state index in [0.717, 1.165) is 16.5 Å². The van der Waals surface area contributed by atoms with Crippen LogP contribution in [-0.4, -0.2) is 22.6 Å². The lowest BCUT2D eigenvalue weighted by Gasteiger charge is -2.10. The van der Waals surface area contributed by atoms with E-state index in [-0.39, 0.29) is 4.90 Å². The zero-order valence-electron chi connectivity index (χ0n) is 13.3. The highest BCUT2D eigenvalue weighted by Crippen LogP contribution is 2.25. The molecular weight excluding hydrogens is 326 g/mol. The van der Waals surface area contributed by atoms with Crippen LogP contribution in [0.5, 0.6) is 11.5 Å². The van der Waals surface area contributed by atoms with E-state index in [0.29, 0.717) is 11.4 Å². The van der Waals surface area contributed by atoms with Crippen LogP contribution < -0.4 is 14.2 Å². The van der Waals surface area contributed by atoms with Crippen molar-refractivity contribution in [2.24, 2.45) is 0 Å². The lowest BCUT2D eigenvalue weighted by Crippen LogP contribution is -2.12. The molecule has 0 aliphatic heterocycles. The molecule has 0 heterocycles. The molecular formula is C18H17NO4S. The molecule has 3 aromatic carbocycles. The highest BCUT2D eigenvalue weighted by molar-refractivity contribution is 7.92. The summed E-state index contributed by atoms with van der Waals surface area (Å²) in [4.78, 5) is 0.197. The Morgan fingerprint density at radius 2 is 1.46 bits per heavy atom. The molecule has 0 fully saturated rings. The number of rotatable bonds is 5. The Bertz CT molecular complexity index is 983. The van der Waals surface area contributed by atoms with Gasteiger partial charge in [-0.1, -0.05) is 18.2 Å². The molecule has 0 amide bonds. The van der Waals surface area contributed by atoms with Crippen molar-refractivity contribution >= 4 is 26.5 Å². The normalized spacial score (nSPS) is 11.2. The standard InChI is InChI=1S/C18H17NO4S/c1-22-16-5-3-4-15(12-16)19-24(20,21)18-9-7-13-10-17(23-2)8-6-14(13)11-18/h3-12,19H,1-2H3. The van der Waals surface area contributed by atoms with Crippen LogP contribution >= 0.6 is 0 Å². The first-order valence-corrected chi connectivity index (χ1v) is 8.75. The maximum Gasteiger partial charge on any atom is 0.261 e. The van der Waals surface area contributed by atoms with E-state index in [1.165, 1.54) is 7.11 Å². The molecule has 0 saturated carbocycles. The van der Waals surface area contributed by atoms with Crippen LogP contribution in [0, 0.1) is 0 Å². The molecule has 0 saturated heterocycles. The smallest absolute Gasteiger partial charge is 0.261 e. The van der Waals surface area contributed by atoms with Gasteiger partial charge in [0, 0.05) is 6.07 Å². The summed E-state index contributed by atoms with van der Waals surface area (Å²) in [5.74, 6) is 1.31. The number of hydrogen-bond acceptors (Lipinski definition) is 4. The SMILES string of the molecule is COc1cccc(NS(=O)(=O)c2ccc3cc(OC)ccc3c2)c1. The summed E-state index contributed by atoms with van der Waals surface area (Å²) in [6.07, 6.45) is 0. The van der Waals surface area contributed by atoms with Crippen molar-refractivity contribution in [3.05, 3.63) is 60.7 Å². The lowest BCUT2D eigenvalue weighted by atomic mass is 10.1. The van der Waals surface area contributed by atoms with Gasteiger partial charge in [-0.3, -0.25) is 4.72 Å². The van der Waals surface area contributed by atoms with Gasteiger partial charge in [-0.25, -0.2) is 8.42 Å². The Kier molecular flexibility index (Phi) is 4.31. The fourth-order valence-corrected chi connectivity index (χ4v) is 3.48. The van der Waals surface area contributed by atoms with E-state index in [1.807, 2.05) is 12.1 Å². The first-order valence-electron chi connectivity index (χ1n) is 7.26. The van der Waals surface area contributed by atoms with Crippen LogP contribution in [0.25, 0.3) is 10.8 Å². The Morgan fingerprint density at radius 1 is 0.792 bits per heavy atom. The molecule has 0 aromatic heterocycles. The predicted molar refractivity (Wildman–Crippen MR) is 94.3 cm³/mol. The molecule has 5 nitrogen and oxygen atoms in total. The maximum absolute atomic E-state index is 12.6. The quantitative estimate of drug-likeness (QED) is 0.768. The van der Waals surface area contributed by atoms with Gasteiger partial charge < -0.3 is 9.47 Å². The van der Waals surface area contributed by atoms with Gasteiger partial charge in [0.05, 0.1) is 24.8 Å². The van der Waals surface area contributed by atoms with Gasteiger partial charge in [-0.05, 0) is 47.2 Å². The number of sulfonamides is 1. The van der Waals surface area contributed by atoms with Crippen LogP contribution in [0.3, 0.4) is 0 Å². The monoisotopic (exact) mass is 343 g/mol. The van der Waals surface area contributed by atoms with Crippen molar-refractivity contribution in [2.75, 3.05) is 18.9 Å². The van der Waals surface area contributed by atoms with Gasteiger partial charge >= 0.3 is 0 Å². The third-order valence-corrected chi connectivity index (χ3v) is 5.03. The third kappa shape index (κ3) is 3.28. The van der Waals surface area contributed by atoms with E-state index in [2.05, 4.69) is 4.72 Å². The van der Waals surface area contributed by atoms with Crippen molar-refractivity contribution in [3.63, 3.8) is 0 Å². The molecule has 24 heavy (non-hydrogen) atoms. The average Bonchev–Trinajstić information content (AvgIpc) is 2.60. The number of anilines is 1. The number of fused-ring (bicyclic) bond motifs is 1. The minimum absolute atomic E-state index is 0.197. The van der Waals surface area contributed by atoms with Gasteiger partial charge in [0.1, 0.15) is 11.5 Å². The molecule has 0 spiro atoms. The highest BCUT2D eigenvalue weighted by atomic mass is 32.2. The van der Waals surface area contributed by atoms with E-state index >= 15 is 0 Å². The van der Waals surface area contributed by atoms with Crippen LogP contribution in [0.1, 0.15) is 0 Å². The van der Waals surface area contributed by atoms with Crippen LogP contribution in [-0.2, 0) is 10.0 Å². The second kappa shape index (κ2) is 6.41. The van der Waals surface area contributed by atoms with Gasteiger partial charge in [0.15, 0.2) is 0 Å². The van der Waals surface area contributed by atoms with E-state index in [9.17, 15) is 8.42 Å². The first kappa shape index (κ1) is 16.1. The van der Waals surface area contributed by atoms with E-state index < -0.39 is 10.0 Å². The lowest BCUT2D eigenvalue weighted by molar-refractivity contribution is 0.415. The Morgan fingerprint density at radius 3 is 2.21 bits per heavy atom. The van der Waals surface area contributed by atoms with E-state index in [1.54, 1.807) is 55.6 Å². The summed E-state index contributed by atoms with van der Waals surface area (Å²) in [6.45, 7) is 0. The van der Waals surface area contributed by atoms with Gasteiger partial charge in [-0.15, -0.1) is 0 Å². The first-order chi connectivity index (χ1) is 11.5. The molecule has 3 aromatic rings. The molecule has 0 aliphatic carbocycles. The highest BCUT2D eigenvalue weighted by Gasteiger charge is 2.15. The molecule has 0 atom stereocenters. The van der Waals surface area contributed by atoms with Crippen molar-refractivity contribution < 1.29 is 17.9 Å². The fraction of sp³-hybridized carbons (Fsp3) is 0.111. The minimum Gasteiger partial charge on any atom is -0.497 e. The van der Waals surface area contributed by atoms with Crippen molar-refractivity contribution in [1.29, 1.82) is 0 Å². The van der Waals surface area contributed by atoms with Crippen LogP contribution in [0.15, 0.2) is 65.6 Å². The summed E-state index contributed by atoms with van der Waals surface area (Å²) in [5, 5.41) is 1.74. The summed E-state index contributed by atoms with van der Waals surface area (Å²) < 4.78 is 38.0. The summed E-state index contributed by atoms with van der Waals surface area (Å²) in [7, 11) is -0.554. The maximum atomic E-state index is 12.6. The number of ether oxygens (including phenoxy) is 2. The summed E-state index contributed by atoms with van der Waals surface area (Å²) >= 11 is 0. The zero-order chi connectivity index (χ0) is 17.2. The van der Waals surface area contributed by atoms with Gasteiger partial charge in [0.25, 0.3) is 10.0 Å². The summed E-state index contributed by atoms with van der Waals surface area (Å²) in [5.41, 5.74) is 0.448. The van der Waals surface area contributed by atoms with Crippen LogP contribution in [0.2, 0.25) is 0 Å². The fourth-order valence-electron chi connectivity index (χ4n) is 2.40. The molecule has 0 bridgehead atoms. The Labute approximate surface area is 140 Å². The summed E-state index contributed by atoms with van der Waals surface area (Å²) in [6, 6.07) is 17.2. The molecule has 3 rings (SSSR count). The second-order valence-electron chi connectivity index (χ2n) is 5.21. The number of methoxy groups -OCH3 is 2. The van der Waals surface area contributed by atoms with Crippen molar-refractivity contribution in [2.45, 2.75) is 4.90 Å². The van der Waals surface area contributed by atoms with Crippen molar-refractivity contribution in [1.82, 2.24) is 0 Å². The molecule has 6 heteroatoms. The molecule has 0 unspecified atom stereocenters.